The first kappa shape index (κ1) is 10.4. The number of hydrogen-bond donors (Lipinski definition) is 0. The second-order valence-electron chi connectivity index (χ2n) is 3.62. The molecule has 0 N–H and O–H groups in total. The molecule has 0 radical (unpaired) electrons. The van der Waals surface area contributed by atoms with Crippen molar-refractivity contribution in [1.29, 1.82) is 0 Å². The third-order valence-electron chi connectivity index (χ3n) is 2.46. The van der Waals surface area contributed by atoms with Crippen molar-refractivity contribution < 1.29 is 4.39 Å². The fraction of sp³-hybridized carbons (Fsp3) is 0. The number of fused-ring (bicyclic) bond motifs is 1. The van der Waals surface area contributed by atoms with E-state index in [9.17, 15) is 4.39 Å². The summed E-state index contributed by atoms with van der Waals surface area (Å²) < 4.78 is 15.3. The van der Waals surface area contributed by atoms with Crippen molar-refractivity contribution in [3.8, 4) is 11.3 Å². The first-order valence-electron chi connectivity index (χ1n) is 4.99. The molecule has 2 aromatic heterocycles. The van der Waals surface area contributed by atoms with Gasteiger partial charge in [-0.2, -0.15) is 5.10 Å². The molecule has 0 aliphatic rings. The highest BCUT2D eigenvalue weighted by Gasteiger charge is 2.05. The maximum Gasteiger partial charge on any atom is 0.123 e. The SMILES string of the molecule is Fc1ccc(-c2cc3cc(Br)ncn3n2)cc1. The molecular formula is C12H7BrFN3. The zero-order valence-corrected chi connectivity index (χ0v) is 10.2. The number of hydrogen-bond acceptors (Lipinski definition) is 2. The van der Waals surface area contributed by atoms with E-state index in [4.69, 9.17) is 0 Å². The van der Waals surface area contributed by atoms with E-state index >= 15 is 0 Å². The molecule has 0 atom stereocenters. The summed E-state index contributed by atoms with van der Waals surface area (Å²) in [5.41, 5.74) is 2.61. The highest BCUT2D eigenvalue weighted by Crippen LogP contribution is 2.20. The van der Waals surface area contributed by atoms with Gasteiger partial charge in [0.2, 0.25) is 0 Å². The van der Waals surface area contributed by atoms with E-state index in [2.05, 4.69) is 26.0 Å². The summed E-state index contributed by atoms with van der Waals surface area (Å²) in [6.45, 7) is 0. The number of halogens is 2. The maximum absolute atomic E-state index is 12.8. The van der Waals surface area contributed by atoms with Gasteiger partial charge in [0.05, 0.1) is 11.2 Å². The van der Waals surface area contributed by atoms with Crippen LogP contribution >= 0.6 is 15.9 Å². The van der Waals surface area contributed by atoms with E-state index in [0.29, 0.717) is 0 Å². The molecular weight excluding hydrogens is 285 g/mol. The van der Waals surface area contributed by atoms with Gasteiger partial charge in [0.1, 0.15) is 16.7 Å². The first-order chi connectivity index (χ1) is 8.22. The van der Waals surface area contributed by atoms with Gasteiger partial charge in [0.25, 0.3) is 0 Å². The van der Waals surface area contributed by atoms with Gasteiger partial charge >= 0.3 is 0 Å². The van der Waals surface area contributed by atoms with Crippen LogP contribution in [-0.4, -0.2) is 14.6 Å². The standard InChI is InChI=1S/C12H7BrFN3/c13-12-6-10-5-11(16-17(10)7-15-12)8-1-3-9(14)4-2-8/h1-7H. The average Bonchev–Trinajstić information content (AvgIpc) is 2.72. The Morgan fingerprint density at radius 1 is 1.12 bits per heavy atom. The minimum Gasteiger partial charge on any atom is -0.229 e. The normalized spacial score (nSPS) is 10.9. The quantitative estimate of drug-likeness (QED) is 0.644. The fourth-order valence-electron chi connectivity index (χ4n) is 1.64. The van der Waals surface area contributed by atoms with Gasteiger partial charge < -0.3 is 0 Å². The molecule has 0 amide bonds. The van der Waals surface area contributed by atoms with Gasteiger partial charge in [-0.05, 0) is 52.3 Å². The van der Waals surface area contributed by atoms with Gasteiger partial charge in [-0.3, -0.25) is 0 Å². The smallest absolute Gasteiger partial charge is 0.123 e. The summed E-state index contributed by atoms with van der Waals surface area (Å²) >= 11 is 3.31. The number of nitrogens with zero attached hydrogens (tertiary/aromatic N) is 3. The lowest BCUT2D eigenvalue weighted by molar-refractivity contribution is 0.628. The van der Waals surface area contributed by atoms with Crippen LogP contribution in [0.3, 0.4) is 0 Å². The van der Waals surface area contributed by atoms with Crippen molar-refractivity contribution in [2.24, 2.45) is 0 Å². The van der Waals surface area contributed by atoms with Crippen LogP contribution in [0.25, 0.3) is 16.8 Å². The molecule has 0 unspecified atom stereocenters. The first-order valence-corrected chi connectivity index (χ1v) is 5.78. The Morgan fingerprint density at radius 2 is 1.88 bits per heavy atom. The van der Waals surface area contributed by atoms with Crippen molar-refractivity contribution in [1.82, 2.24) is 14.6 Å². The summed E-state index contributed by atoms with van der Waals surface area (Å²) in [6, 6.07) is 10.1. The highest BCUT2D eigenvalue weighted by molar-refractivity contribution is 9.10. The third-order valence-corrected chi connectivity index (χ3v) is 2.90. The van der Waals surface area contributed by atoms with Crippen LogP contribution in [0.1, 0.15) is 0 Å². The van der Waals surface area contributed by atoms with Crippen molar-refractivity contribution in [3.05, 3.63) is 53.1 Å². The van der Waals surface area contributed by atoms with Crippen LogP contribution in [0.4, 0.5) is 4.39 Å². The largest absolute Gasteiger partial charge is 0.229 e. The second-order valence-corrected chi connectivity index (χ2v) is 4.43. The second kappa shape index (κ2) is 3.92. The van der Waals surface area contributed by atoms with Crippen LogP contribution in [0.15, 0.2) is 47.3 Å². The molecule has 0 bridgehead atoms. The van der Waals surface area contributed by atoms with Crippen LogP contribution in [-0.2, 0) is 0 Å². The topological polar surface area (TPSA) is 30.2 Å². The molecule has 17 heavy (non-hydrogen) atoms. The van der Waals surface area contributed by atoms with E-state index in [1.54, 1.807) is 23.0 Å². The van der Waals surface area contributed by atoms with Gasteiger partial charge in [-0.1, -0.05) is 0 Å². The Morgan fingerprint density at radius 3 is 2.65 bits per heavy atom. The molecule has 0 spiro atoms. The van der Waals surface area contributed by atoms with E-state index in [-0.39, 0.29) is 5.82 Å². The Bertz CT molecular complexity index is 676. The zero-order valence-electron chi connectivity index (χ0n) is 8.64. The predicted octanol–water partition coefficient (Wildman–Crippen LogP) is 3.30. The summed E-state index contributed by atoms with van der Waals surface area (Å²) in [6.07, 6.45) is 1.63. The molecule has 3 nitrogen and oxygen atoms in total. The third kappa shape index (κ3) is 1.93. The number of benzene rings is 1. The van der Waals surface area contributed by atoms with Crippen LogP contribution in [0.2, 0.25) is 0 Å². The Balaban J connectivity index is 2.14. The van der Waals surface area contributed by atoms with Crippen LogP contribution in [0, 0.1) is 5.82 Å². The van der Waals surface area contributed by atoms with Gasteiger partial charge in [0, 0.05) is 5.56 Å². The molecule has 0 aliphatic heterocycles. The molecule has 0 fully saturated rings. The number of aromatic nitrogens is 3. The molecule has 0 aliphatic carbocycles. The van der Waals surface area contributed by atoms with E-state index in [1.165, 1.54) is 12.1 Å². The fourth-order valence-corrected chi connectivity index (χ4v) is 1.97. The lowest BCUT2D eigenvalue weighted by Gasteiger charge is -1.94. The van der Waals surface area contributed by atoms with E-state index in [1.807, 2.05) is 12.1 Å². The molecule has 1 aromatic carbocycles. The lowest BCUT2D eigenvalue weighted by Crippen LogP contribution is -1.88. The Hall–Kier alpha value is -1.75. The molecule has 0 saturated heterocycles. The van der Waals surface area contributed by atoms with Crippen molar-refractivity contribution in [2.45, 2.75) is 0 Å². The van der Waals surface area contributed by atoms with Gasteiger partial charge in [0.15, 0.2) is 0 Å². The van der Waals surface area contributed by atoms with Crippen molar-refractivity contribution >= 4 is 21.4 Å². The predicted molar refractivity (Wildman–Crippen MR) is 66.1 cm³/mol. The molecule has 0 saturated carbocycles. The minimum absolute atomic E-state index is 0.248. The Kier molecular flexibility index (Phi) is 2.40. The Labute approximate surface area is 105 Å². The van der Waals surface area contributed by atoms with Crippen molar-refractivity contribution in [2.75, 3.05) is 0 Å². The van der Waals surface area contributed by atoms with Gasteiger partial charge in [-0.25, -0.2) is 13.9 Å². The molecule has 84 valence electrons. The monoisotopic (exact) mass is 291 g/mol. The van der Waals surface area contributed by atoms with Crippen LogP contribution < -0.4 is 0 Å². The number of rotatable bonds is 1. The summed E-state index contributed by atoms with van der Waals surface area (Å²) in [4.78, 5) is 4.09. The van der Waals surface area contributed by atoms with E-state index < -0.39 is 0 Å². The highest BCUT2D eigenvalue weighted by atomic mass is 79.9. The summed E-state index contributed by atoms with van der Waals surface area (Å²) in [7, 11) is 0. The maximum atomic E-state index is 12.8. The van der Waals surface area contributed by atoms with Crippen molar-refractivity contribution in [3.63, 3.8) is 0 Å². The molecule has 3 rings (SSSR count). The molecule has 3 aromatic rings. The summed E-state index contributed by atoms with van der Waals surface area (Å²) in [5, 5.41) is 4.36. The minimum atomic E-state index is -0.248. The summed E-state index contributed by atoms with van der Waals surface area (Å²) in [5.74, 6) is -0.248. The van der Waals surface area contributed by atoms with Gasteiger partial charge in [-0.15, -0.1) is 0 Å². The average molecular weight is 292 g/mol. The van der Waals surface area contributed by atoms with Crippen LogP contribution in [0.5, 0.6) is 0 Å². The lowest BCUT2D eigenvalue weighted by atomic mass is 10.1. The zero-order chi connectivity index (χ0) is 11.8. The van der Waals surface area contributed by atoms with E-state index in [0.717, 1.165) is 21.4 Å². The molecule has 2 heterocycles. The molecule has 5 heteroatoms.